The molecule has 0 atom stereocenters. The summed E-state index contributed by atoms with van der Waals surface area (Å²) < 4.78 is 6.50. The topological polar surface area (TPSA) is 58.6 Å². The summed E-state index contributed by atoms with van der Waals surface area (Å²) in [4.78, 5) is 11.2. The van der Waals surface area contributed by atoms with E-state index in [1.54, 1.807) is 12.1 Å². The number of hydrogen-bond donors (Lipinski definition) is 2. The smallest absolute Gasteiger partial charge is 0.337 e. The van der Waals surface area contributed by atoms with Crippen LogP contribution in [0.5, 0.6) is 5.75 Å². The maximum absolute atomic E-state index is 11.2. The van der Waals surface area contributed by atoms with Crippen LogP contribution in [-0.4, -0.2) is 24.2 Å². The van der Waals surface area contributed by atoms with Gasteiger partial charge in [-0.05, 0) is 49.6 Å². The molecule has 0 bridgehead atoms. The van der Waals surface area contributed by atoms with Crippen LogP contribution < -0.4 is 10.1 Å². The summed E-state index contributed by atoms with van der Waals surface area (Å²) in [6.45, 7) is 3.38. The van der Waals surface area contributed by atoms with Gasteiger partial charge >= 0.3 is 5.97 Å². The van der Waals surface area contributed by atoms with E-state index in [1.807, 2.05) is 37.3 Å². The van der Waals surface area contributed by atoms with Gasteiger partial charge in [0.1, 0.15) is 5.75 Å². The van der Waals surface area contributed by atoms with Crippen molar-refractivity contribution in [1.82, 2.24) is 0 Å². The SMILES string of the molecule is Cc1ccccc1OCCCCNc1ccc(Br)cc1C(=O)O. The molecule has 0 unspecified atom stereocenters. The Kier molecular flexibility index (Phi) is 6.47. The predicted octanol–water partition coefficient (Wildman–Crippen LogP) is 4.73. The summed E-state index contributed by atoms with van der Waals surface area (Å²) in [6, 6.07) is 13.2. The molecule has 0 fully saturated rings. The predicted molar refractivity (Wildman–Crippen MR) is 95.5 cm³/mol. The molecular formula is C18H20BrNO3. The summed E-state index contributed by atoms with van der Waals surface area (Å²) in [5, 5.41) is 12.4. The molecule has 2 aromatic carbocycles. The van der Waals surface area contributed by atoms with Crippen molar-refractivity contribution in [2.75, 3.05) is 18.5 Å². The molecule has 0 amide bonds. The Morgan fingerprint density at radius 3 is 2.74 bits per heavy atom. The highest BCUT2D eigenvalue weighted by atomic mass is 79.9. The minimum atomic E-state index is -0.934. The number of halogens is 1. The first kappa shape index (κ1) is 17.3. The number of anilines is 1. The van der Waals surface area contributed by atoms with E-state index in [4.69, 9.17) is 4.74 Å². The number of aryl methyl sites for hydroxylation is 1. The van der Waals surface area contributed by atoms with Gasteiger partial charge in [-0.2, -0.15) is 0 Å². The van der Waals surface area contributed by atoms with Crippen molar-refractivity contribution < 1.29 is 14.6 Å². The number of carboxylic acids is 1. The number of para-hydroxylation sites is 1. The number of nitrogens with one attached hydrogen (secondary N) is 1. The zero-order chi connectivity index (χ0) is 16.7. The van der Waals surface area contributed by atoms with Crippen molar-refractivity contribution in [2.45, 2.75) is 19.8 Å². The first-order chi connectivity index (χ1) is 11.1. The molecule has 0 saturated carbocycles. The molecule has 0 spiro atoms. The average Bonchev–Trinajstić information content (AvgIpc) is 2.53. The minimum Gasteiger partial charge on any atom is -0.493 e. The fourth-order valence-corrected chi connectivity index (χ4v) is 2.56. The van der Waals surface area contributed by atoms with Gasteiger partial charge in [0.05, 0.1) is 12.2 Å². The molecule has 4 nitrogen and oxygen atoms in total. The van der Waals surface area contributed by atoms with Gasteiger partial charge in [-0.15, -0.1) is 0 Å². The summed E-state index contributed by atoms with van der Waals surface area (Å²) >= 11 is 3.29. The molecule has 0 aliphatic rings. The number of aromatic carboxylic acids is 1. The molecule has 0 aromatic heterocycles. The van der Waals surface area contributed by atoms with Gasteiger partial charge in [0, 0.05) is 16.7 Å². The Morgan fingerprint density at radius 2 is 2.00 bits per heavy atom. The van der Waals surface area contributed by atoms with E-state index >= 15 is 0 Å². The Bertz CT molecular complexity index is 673. The molecule has 2 aromatic rings. The Morgan fingerprint density at radius 1 is 1.22 bits per heavy atom. The number of hydrogen-bond acceptors (Lipinski definition) is 3. The van der Waals surface area contributed by atoms with Gasteiger partial charge in [-0.25, -0.2) is 4.79 Å². The van der Waals surface area contributed by atoms with E-state index < -0.39 is 5.97 Å². The van der Waals surface area contributed by atoms with E-state index in [9.17, 15) is 9.90 Å². The van der Waals surface area contributed by atoms with Crippen LogP contribution in [0.25, 0.3) is 0 Å². The summed E-state index contributed by atoms with van der Waals surface area (Å²) in [5.41, 5.74) is 2.04. The summed E-state index contributed by atoms with van der Waals surface area (Å²) in [7, 11) is 0. The largest absolute Gasteiger partial charge is 0.493 e. The molecule has 122 valence electrons. The van der Waals surface area contributed by atoms with Crippen molar-refractivity contribution in [2.24, 2.45) is 0 Å². The molecule has 0 radical (unpaired) electrons. The van der Waals surface area contributed by atoms with Crippen LogP contribution in [0.1, 0.15) is 28.8 Å². The molecular weight excluding hydrogens is 358 g/mol. The van der Waals surface area contributed by atoms with Crippen LogP contribution in [0.3, 0.4) is 0 Å². The number of carboxylic acid groups (broad SMARTS) is 1. The Hall–Kier alpha value is -2.01. The molecule has 0 aliphatic heterocycles. The van der Waals surface area contributed by atoms with Crippen molar-refractivity contribution in [3.05, 3.63) is 58.1 Å². The second-order valence-corrected chi connectivity index (χ2v) is 6.16. The summed E-state index contributed by atoms with van der Waals surface area (Å²) in [5.74, 6) is -0.0155. The van der Waals surface area contributed by atoms with Crippen LogP contribution >= 0.6 is 15.9 Å². The average molecular weight is 378 g/mol. The van der Waals surface area contributed by atoms with Gasteiger partial charge in [-0.1, -0.05) is 34.1 Å². The molecule has 2 rings (SSSR count). The van der Waals surface area contributed by atoms with Crippen molar-refractivity contribution >= 4 is 27.6 Å². The second kappa shape index (κ2) is 8.58. The maximum atomic E-state index is 11.2. The van der Waals surface area contributed by atoms with E-state index in [1.165, 1.54) is 0 Å². The maximum Gasteiger partial charge on any atom is 0.337 e. The molecule has 5 heteroatoms. The number of ether oxygens (including phenoxy) is 1. The molecule has 0 aliphatic carbocycles. The molecule has 23 heavy (non-hydrogen) atoms. The molecule has 2 N–H and O–H groups in total. The number of carbonyl (C=O) groups is 1. The van der Waals surface area contributed by atoms with Crippen molar-refractivity contribution in [3.63, 3.8) is 0 Å². The third-order valence-electron chi connectivity index (χ3n) is 3.45. The van der Waals surface area contributed by atoms with Gasteiger partial charge in [-0.3, -0.25) is 0 Å². The monoisotopic (exact) mass is 377 g/mol. The third kappa shape index (κ3) is 5.28. The van der Waals surface area contributed by atoms with Crippen LogP contribution in [0.2, 0.25) is 0 Å². The fraction of sp³-hybridized carbons (Fsp3) is 0.278. The highest BCUT2D eigenvalue weighted by Gasteiger charge is 2.09. The van der Waals surface area contributed by atoms with Crippen LogP contribution in [-0.2, 0) is 0 Å². The van der Waals surface area contributed by atoms with E-state index in [0.717, 1.165) is 28.6 Å². The third-order valence-corrected chi connectivity index (χ3v) is 3.94. The lowest BCUT2D eigenvalue weighted by Crippen LogP contribution is -2.09. The zero-order valence-electron chi connectivity index (χ0n) is 13.0. The van der Waals surface area contributed by atoms with Crippen LogP contribution in [0.15, 0.2) is 46.9 Å². The van der Waals surface area contributed by atoms with E-state index in [2.05, 4.69) is 21.2 Å². The molecule has 0 saturated heterocycles. The fourth-order valence-electron chi connectivity index (χ4n) is 2.20. The zero-order valence-corrected chi connectivity index (χ0v) is 14.6. The van der Waals surface area contributed by atoms with E-state index in [-0.39, 0.29) is 5.56 Å². The number of rotatable bonds is 8. The van der Waals surface area contributed by atoms with E-state index in [0.29, 0.717) is 18.8 Å². The van der Waals surface area contributed by atoms with Gasteiger partial charge in [0.15, 0.2) is 0 Å². The highest BCUT2D eigenvalue weighted by Crippen LogP contribution is 2.21. The lowest BCUT2D eigenvalue weighted by atomic mass is 10.1. The first-order valence-corrected chi connectivity index (χ1v) is 8.32. The Labute approximate surface area is 144 Å². The van der Waals surface area contributed by atoms with Gasteiger partial charge < -0.3 is 15.2 Å². The van der Waals surface area contributed by atoms with Crippen LogP contribution in [0, 0.1) is 6.92 Å². The second-order valence-electron chi connectivity index (χ2n) is 5.24. The molecule has 0 heterocycles. The number of benzene rings is 2. The van der Waals surface area contributed by atoms with Gasteiger partial charge in [0.25, 0.3) is 0 Å². The summed E-state index contributed by atoms with van der Waals surface area (Å²) in [6.07, 6.45) is 1.81. The van der Waals surface area contributed by atoms with Crippen LogP contribution in [0.4, 0.5) is 5.69 Å². The van der Waals surface area contributed by atoms with Gasteiger partial charge in [0.2, 0.25) is 0 Å². The normalized spacial score (nSPS) is 10.3. The quantitative estimate of drug-likeness (QED) is 0.653. The van der Waals surface area contributed by atoms with Crippen molar-refractivity contribution in [1.29, 1.82) is 0 Å². The standard InChI is InChI=1S/C18H20BrNO3/c1-13-6-2-3-7-17(13)23-11-5-4-10-20-16-9-8-14(19)12-15(16)18(21)22/h2-3,6-9,12,20H,4-5,10-11H2,1H3,(H,21,22). The first-order valence-electron chi connectivity index (χ1n) is 7.53. The number of unbranched alkanes of at least 4 members (excludes halogenated alkanes) is 1. The minimum absolute atomic E-state index is 0.274. The lowest BCUT2D eigenvalue weighted by Gasteiger charge is -2.11. The Balaban J connectivity index is 1.74. The lowest BCUT2D eigenvalue weighted by molar-refractivity contribution is 0.0698. The van der Waals surface area contributed by atoms with Crippen molar-refractivity contribution in [3.8, 4) is 5.75 Å². The highest BCUT2D eigenvalue weighted by molar-refractivity contribution is 9.10.